The van der Waals surface area contributed by atoms with Gasteiger partial charge >= 0.3 is 0 Å². The Morgan fingerprint density at radius 2 is 1.75 bits per heavy atom. The monoisotopic (exact) mass is 275 g/mol. The van der Waals surface area contributed by atoms with Crippen LogP contribution in [0.4, 0.5) is 0 Å². The van der Waals surface area contributed by atoms with Crippen molar-refractivity contribution in [3.63, 3.8) is 0 Å². The zero-order valence-corrected chi connectivity index (χ0v) is 13.0. The van der Waals surface area contributed by atoms with E-state index in [0.717, 1.165) is 12.2 Å². The summed E-state index contributed by atoms with van der Waals surface area (Å²) in [4.78, 5) is 0. The normalized spacial score (nSPS) is 18.5. The Hall–Kier alpha value is -1.02. The van der Waals surface area contributed by atoms with Gasteiger partial charge < -0.3 is 10.1 Å². The zero-order chi connectivity index (χ0) is 14.2. The predicted octanol–water partition coefficient (Wildman–Crippen LogP) is 4.33. The molecule has 0 aromatic heterocycles. The van der Waals surface area contributed by atoms with Crippen LogP contribution in [-0.4, -0.2) is 19.2 Å². The number of hydrogen-bond acceptors (Lipinski definition) is 2. The van der Waals surface area contributed by atoms with E-state index < -0.39 is 0 Å². The van der Waals surface area contributed by atoms with Crippen LogP contribution in [0.5, 0.6) is 5.75 Å². The second kappa shape index (κ2) is 8.31. The lowest BCUT2D eigenvalue weighted by atomic mass is 10.1. The van der Waals surface area contributed by atoms with Gasteiger partial charge in [-0.3, -0.25) is 0 Å². The number of rotatable bonds is 6. The minimum absolute atomic E-state index is 0.438. The van der Waals surface area contributed by atoms with E-state index in [1.165, 1.54) is 50.5 Å². The minimum Gasteiger partial charge on any atom is -0.490 e. The summed E-state index contributed by atoms with van der Waals surface area (Å²) in [7, 11) is 2.02. The molecule has 1 saturated carbocycles. The maximum absolute atomic E-state index is 6.12. The smallest absolute Gasteiger partial charge is 0.119 e. The van der Waals surface area contributed by atoms with E-state index >= 15 is 0 Å². The second-order valence-electron chi connectivity index (χ2n) is 6.10. The molecule has 2 rings (SSSR count). The van der Waals surface area contributed by atoms with Crippen molar-refractivity contribution in [1.82, 2.24) is 5.32 Å². The summed E-state index contributed by atoms with van der Waals surface area (Å²) in [5.74, 6) is 1.04. The van der Waals surface area contributed by atoms with Gasteiger partial charge in [0.2, 0.25) is 0 Å². The average Bonchev–Trinajstić information content (AvgIpc) is 2.75. The van der Waals surface area contributed by atoms with Gasteiger partial charge in [-0.1, -0.05) is 25.0 Å². The van der Waals surface area contributed by atoms with Gasteiger partial charge in [-0.15, -0.1) is 0 Å². The first-order valence-electron chi connectivity index (χ1n) is 8.21. The average molecular weight is 275 g/mol. The van der Waals surface area contributed by atoms with Crippen molar-refractivity contribution in [2.75, 3.05) is 7.05 Å². The third kappa shape index (κ3) is 5.16. The highest BCUT2D eigenvalue weighted by atomic mass is 16.5. The lowest BCUT2D eigenvalue weighted by Gasteiger charge is -2.17. The quantitative estimate of drug-likeness (QED) is 0.780. The topological polar surface area (TPSA) is 21.3 Å². The molecular formula is C18H29NO. The second-order valence-corrected chi connectivity index (χ2v) is 6.10. The molecule has 0 saturated heterocycles. The molecule has 0 spiro atoms. The molecule has 1 aliphatic rings. The van der Waals surface area contributed by atoms with Gasteiger partial charge in [0, 0.05) is 6.04 Å². The van der Waals surface area contributed by atoms with Gasteiger partial charge in [-0.05, 0) is 70.2 Å². The summed E-state index contributed by atoms with van der Waals surface area (Å²) < 4.78 is 6.12. The van der Waals surface area contributed by atoms with Gasteiger partial charge in [0.25, 0.3) is 0 Å². The lowest BCUT2D eigenvalue weighted by molar-refractivity contribution is 0.183. The van der Waals surface area contributed by atoms with Gasteiger partial charge in [-0.2, -0.15) is 0 Å². The fraction of sp³-hybridized carbons (Fsp3) is 0.667. The molecule has 2 heteroatoms. The standard InChI is InChI=1S/C18H29NO/c1-15(19-2)9-10-16-11-13-18(14-12-16)20-17-7-5-3-4-6-8-17/h11-15,17,19H,3-10H2,1-2H3. The number of nitrogens with one attached hydrogen (secondary N) is 1. The molecule has 20 heavy (non-hydrogen) atoms. The number of hydrogen-bond donors (Lipinski definition) is 1. The van der Waals surface area contributed by atoms with Crippen LogP contribution >= 0.6 is 0 Å². The van der Waals surface area contributed by atoms with E-state index in [1.807, 2.05) is 7.05 Å². The van der Waals surface area contributed by atoms with Crippen molar-refractivity contribution in [3.8, 4) is 5.75 Å². The maximum Gasteiger partial charge on any atom is 0.119 e. The summed E-state index contributed by atoms with van der Waals surface area (Å²) >= 11 is 0. The molecule has 0 amide bonds. The molecule has 2 nitrogen and oxygen atoms in total. The van der Waals surface area contributed by atoms with E-state index in [4.69, 9.17) is 4.74 Å². The third-order valence-corrected chi connectivity index (χ3v) is 4.39. The van der Waals surface area contributed by atoms with Gasteiger partial charge in [0.15, 0.2) is 0 Å². The molecule has 0 radical (unpaired) electrons. The van der Waals surface area contributed by atoms with Crippen molar-refractivity contribution < 1.29 is 4.74 Å². The third-order valence-electron chi connectivity index (χ3n) is 4.39. The Morgan fingerprint density at radius 1 is 1.10 bits per heavy atom. The highest BCUT2D eigenvalue weighted by Crippen LogP contribution is 2.23. The van der Waals surface area contributed by atoms with Crippen molar-refractivity contribution in [2.45, 2.75) is 70.4 Å². The molecule has 1 aromatic carbocycles. The Kier molecular flexibility index (Phi) is 6.38. The van der Waals surface area contributed by atoms with E-state index in [9.17, 15) is 0 Å². The largest absolute Gasteiger partial charge is 0.490 e. The van der Waals surface area contributed by atoms with Crippen LogP contribution in [0.1, 0.15) is 57.4 Å². The number of aryl methyl sites for hydroxylation is 1. The van der Waals surface area contributed by atoms with E-state index in [-0.39, 0.29) is 0 Å². The molecule has 112 valence electrons. The summed E-state index contributed by atoms with van der Waals surface area (Å²) in [6, 6.07) is 9.30. The molecule has 1 aromatic rings. The summed E-state index contributed by atoms with van der Waals surface area (Å²) in [5, 5.41) is 3.28. The van der Waals surface area contributed by atoms with Gasteiger partial charge in [-0.25, -0.2) is 0 Å². The fourth-order valence-electron chi connectivity index (χ4n) is 2.81. The lowest BCUT2D eigenvalue weighted by Crippen LogP contribution is -2.21. The Morgan fingerprint density at radius 3 is 2.35 bits per heavy atom. The van der Waals surface area contributed by atoms with Crippen molar-refractivity contribution in [1.29, 1.82) is 0 Å². The minimum atomic E-state index is 0.438. The van der Waals surface area contributed by atoms with Crippen LogP contribution in [0.3, 0.4) is 0 Å². The van der Waals surface area contributed by atoms with Crippen LogP contribution in [-0.2, 0) is 6.42 Å². The van der Waals surface area contributed by atoms with E-state index in [2.05, 4.69) is 36.5 Å². The first kappa shape index (κ1) is 15.4. The fourth-order valence-corrected chi connectivity index (χ4v) is 2.81. The highest BCUT2D eigenvalue weighted by Gasteiger charge is 2.13. The Labute approximate surface area is 123 Å². The van der Waals surface area contributed by atoms with Crippen molar-refractivity contribution in [3.05, 3.63) is 29.8 Å². The van der Waals surface area contributed by atoms with E-state index in [0.29, 0.717) is 12.1 Å². The maximum atomic E-state index is 6.12. The zero-order valence-electron chi connectivity index (χ0n) is 13.0. The van der Waals surface area contributed by atoms with Crippen molar-refractivity contribution >= 4 is 0 Å². The van der Waals surface area contributed by atoms with Crippen LogP contribution in [0.2, 0.25) is 0 Å². The highest BCUT2D eigenvalue weighted by molar-refractivity contribution is 5.27. The summed E-state index contributed by atoms with van der Waals surface area (Å²) in [6.45, 7) is 2.23. The number of ether oxygens (including phenoxy) is 1. The summed E-state index contributed by atoms with van der Waals surface area (Å²) in [6.07, 6.45) is 10.6. The Bertz CT molecular complexity index is 366. The first-order chi connectivity index (χ1) is 9.78. The molecule has 0 aliphatic heterocycles. The molecule has 1 N–H and O–H groups in total. The van der Waals surface area contributed by atoms with Gasteiger partial charge in [0.05, 0.1) is 6.10 Å². The SMILES string of the molecule is CNC(C)CCc1ccc(OC2CCCCCC2)cc1. The first-order valence-corrected chi connectivity index (χ1v) is 8.21. The predicted molar refractivity (Wildman–Crippen MR) is 85.4 cm³/mol. The van der Waals surface area contributed by atoms with Crippen molar-refractivity contribution in [2.24, 2.45) is 0 Å². The summed E-state index contributed by atoms with van der Waals surface area (Å²) in [5.41, 5.74) is 1.40. The molecule has 1 aliphatic carbocycles. The number of benzene rings is 1. The molecule has 1 fully saturated rings. The molecule has 1 atom stereocenters. The Balaban J connectivity index is 1.81. The molecular weight excluding hydrogens is 246 g/mol. The van der Waals surface area contributed by atoms with E-state index in [1.54, 1.807) is 0 Å². The van der Waals surface area contributed by atoms with Crippen LogP contribution in [0.25, 0.3) is 0 Å². The van der Waals surface area contributed by atoms with Crippen LogP contribution in [0.15, 0.2) is 24.3 Å². The molecule has 1 unspecified atom stereocenters. The molecule has 0 heterocycles. The van der Waals surface area contributed by atoms with Crippen LogP contribution < -0.4 is 10.1 Å². The molecule has 0 bridgehead atoms. The van der Waals surface area contributed by atoms with Gasteiger partial charge in [0.1, 0.15) is 5.75 Å². The van der Waals surface area contributed by atoms with Crippen LogP contribution in [0, 0.1) is 0 Å².